The van der Waals surface area contributed by atoms with Gasteiger partial charge in [-0.05, 0) is 62.1 Å². The van der Waals surface area contributed by atoms with Gasteiger partial charge in [0.15, 0.2) is 0 Å². The summed E-state index contributed by atoms with van der Waals surface area (Å²) in [6.07, 6.45) is 1.73. The first-order valence-electron chi connectivity index (χ1n) is 8.49. The number of benzene rings is 2. The monoisotopic (exact) mass is 362 g/mol. The molecule has 0 fully saturated rings. The Morgan fingerprint density at radius 3 is 2.76 bits per heavy atom. The molecule has 6 heteroatoms. The van der Waals surface area contributed by atoms with E-state index in [-0.39, 0.29) is 4.90 Å². The standard InChI is InChI=1S/C19H23FN2O2S/c1-14-12-17(8-9-18(14)20)25(23,24)21-10-5-11-22-15(2)13-16-6-3-4-7-19(16)22/h3-4,6-9,12,15,21H,5,10-11,13H2,1-2H3/t15-/m0/s1. The number of sulfonamides is 1. The number of nitrogens with zero attached hydrogens (tertiary/aromatic N) is 1. The second kappa shape index (κ2) is 7.14. The molecule has 0 bridgehead atoms. The van der Waals surface area contributed by atoms with E-state index in [0.29, 0.717) is 24.6 Å². The van der Waals surface area contributed by atoms with E-state index in [1.54, 1.807) is 6.92 Å². The van der Waals surface area contributed by atoms with Gasteiger partial charge in [-0.15, -0.1) is 0 Å². The first kappa shape index (κ1) is 17.9. The summed E-state index contributed by atoms with van der Waals surface area (Å²) in [6, 6.07) is 12.6. The summed E-state index contributed by atoms with van der Waals surface area (Å²) in [7, 11) is -3.60. The first-order valence-corrected chi connectivity index (χ1v) is 9.97. The van der Waals surface area contributed by atoms with Crippen LogP contribution in [-0.4, -0.2) is 27.5 Å². The molecule has 0 spiro atoms. The summed E-state index contributed by atoms with van der Waals surface area (Å²) < 4.78 is 40.5. The third kappa shape index (κ3) is 3.85. The summed E-state index contributed by atoms with van der Waals surface area (Å²) in [4.78, 5) is 2.43. The van der Waals surface area contributed by atoms with Crippen LogP contribution in [0.2, 0.25) is 0 Å². The second-order valence-electron chi connectivity index (χ2n) is 6.54. The minimum atomic E-state index is -3.60. The van der Waals surface area contributed by atoms with E-state index >= 15 is 0 Å². The molecule has 0 aromatic heterocycles. The van der Waals surface area contributed by atoms with Crippen molar-refractivity contribution < 1.29 is 12.8 Å². The highest BCUT2D eigenvalue weighted by molar-refractivity contribution is 7.89. The molecule has 1 heterocycles. The number of aryl methyl sites for hydroxylation is 1. The number of fused-ring (bicyclic) bond motifs is 1. The van der Waals surface area contributed by atoms with Crippen molar-refractivity contribution in [2.24, 2.45) is 0 Å². The Labute approximate surface area is 148 Å². The molecule has 0 aliphatic carbocycles. The zero-order valence-electron chi connectivity index (χ0n) is 14.5. The quantitative estimate of drug-likeness (QED) is 0.803. The van der Waals surface area contributed by atoms with Crippen LogP contribution in [0.1, 0.15) is 24.5 Å². The summed E-state index contributed by atoms with van der Waals surface area (Å²) >= 11 is 0. The average Bonchev–Trinajstić information content (AvgIpc) is 2.89. The van der Waals surface area contributed by atoms with E-state index in [1.165, 1.54) is 29.4 Å². The lowest BCUT2D eigenvalue weighted by molar-refractivity contribution is 0.574. The number of hydrogen-bond donors (Lipinski definition) is 1. The van der Waals surface area contributed by atoms with Crippen LogP contribution >= 0.6 is 0 Å². The predicted molar refractivity (Wildman–Crippen MR) is 97.9 cm³/mol. The smallest absolute Gasteiger partial charge is 0.240 e. The van der Waals surface area contributed by atoms with Crippen LogP contribution in [-0.2, 0) is 16.4 Å². The van der Waals surface area contributed by atoms with Crippen LogP contribution in [0.4, 0.5) is 10.1 Å². The summed E-state index contributed by atoms with van der Waals surface area (Å²) in [5, 5.41) is 0. The Balaban J connectivity index is 1.57. The molecular formula is C19H23FN2O2S. The van der Waals surface area contributed by atoms with Crippen molar-refractivity contribution >= 4 is 15.7 Å². The molecule has 0 unspecified atom stereocenters. The fourth-order valence-electron chi connectivity index (χ4n) is 3.29. The van der Waals surface area contributed by atoms with Gasteiger partial charge in [0, 0.05) is 24.8 Å². The van der Waals surface area contributed by atoms with E-state index in [2.05, 4.69) is 28.7 Å². The van der Waals surface area contributed by atoms with Crippen LogP contribution < -0.4 is 9.62 Å². The SMILES string of the molecule is Cc1cc(S(=O)(=O)NCCCN2c3ccccc3C[C@@H]2C)ccc1F. The topological polar surface area (TPSA) is 49.4 Å². The van der Waals surface area contributed by atoms with Crippen molar-refractivity contribution in [2.45, 2.75) is 37.6 Å². The lowest BCUT2D eigenvalue weighted by Crippen LogP contribution is -2.33. The van der Waals surface area contributed by atoms with Crippen LogP contribution in [0.25, 0.3) is 0 Å². The van der Waals surface area contributed by atoms with Crippen molar-refractivity contribution in [3.8, 4) is 0 Å². The Bertz CT molecular complexity index is 867. The first-order chi connectivity index (χ1) is 11.9. The highest BCUT2D eigenvalue weighted by Gasteiger charge is 2.25. The van der Waals surface area contributed by atoms with Crippen LogP contribution in [0.15, 0.2) is 47.4 Å². The molecule has 1 aliphatic rings. The minimum Gasteiger partial charge on any atom is -0.368 e. The Kier molecular flexibility index (Phi) is 5.11. The molecule has 0 amide bonds. The molecule has 1 N–H and O–H groups in total. The van der Waals surface area contributed by atoms with Crippen molar-refractivity contribution in [2.75, 3.05) is 18.0 Å². The maximum absolute atomic E-state index is 13.3. The molecule has 134 valence electrons. The van der Waals surface area contributed by atoms with Crippen molar-refractivity contribution in [3.63, 3.8) is 0 Å². The van der Waals surface area contributed by atoms with Crippen LogP contribution in [0.3, 0.4) is 0 Å². The number of anilines is 1. The lowest BCUT2D eigenvalue weighted by atomic mass is 10.1. The molecule has 1 aliphatic heterocycles. The van der Waals surface area contributed by atoms with Gasteiger partial charge in [-0.1, -0.05) is 18.2 Å². The van der Waals surface area contributed by atoms with Gasteiger partial charge in [0.25, 0.3) is 0 Å². The molecule has 0 saturated carbocycles. The van der Waals surface area contributed by atoms with E-state index in [0.717, 1.165) is 13.0 Å². The van der Waals surface area contributed by atoms with E-state index in [1.807, 2.05) is 12.1 Å². The van der Waals surface area contributed by atoms with Crippen LogP contribution in [0, 0.1) is 12.7 Å². The highest BCUT2D eigenvalue weighted by Crippen LogP contribution is 2.31. The van der Waals surface area contributed by atoms with Gasteiger partial charge in [-0.25, -0.2) is 17.5 Å². The lowest BCUT2D eigenvalue weighted by Gasteiger charge is -2.24. The molecule has 2 aromatic carbocycles. The third-order valence-electron chi connectivity index (χ3n) is 4.66. The van der Waals surface area contributed by atoms with Crippen molar-refractivity contribution in [1.82, 2.24) is 4.72 Å². The molecule has 1 atom stereocenters. The van der Waals surface area contributed by atoms with Crippen molar-refractivity contribution in [3.05, 3.63) is 59.4 Å². The number of nitrogens with one attached hydrogen (secondary N) is 1. The van der Waals surface area contributed by atoms with Gasteiger partial charge in [0.2, 0.25) is 10.0 Å². The van der Waals surface area contributed by atoms with Gasteiger partial charge in [-0.2, -0.15) is 0 Å². The zero-order valence-corrected chi connectivity index (χ0v) is 15.3. The Hall–Kier alpha value is -1.92. The molecule has 25 heavy (non-hydrogen) atoms. The summed E-state index contributed by atoms with van der Waals surface area (Å²) in [5.74, 6) is -0.402. The van der Waals surface area contributed by atoms with Gasteiger partial charge >= 0.3 is 0 Å². The van der Waals surface area contributed by atoms with Crippen LogP contribution in [0.5, 0.6) is 0 Å². The fraction of sp³-hybridized carbons (Fsp3) is 0.368. The summed E-state index contributed by atoms with van der Waals surface area (Å²) in [5.41, 5.74) is 2.91. The number of hydrogen-bond acceptors (Lipinski definition) is 3. The normalized spacial score (nSPS) is 16.9. The maximum Gasteiger partial charge on any atom is 0.240 e. The minimum absolute atomic E-state index is 0.103. The number of para-hydroxylation sites is 1. The number of halogens is 1. The van der Waals surface area contributed by atoms with Crippen molar-refractivity contribution in [1.29, 1.82) is 0 Å². The second-order valence-corrected chi connectivity index (χ2v) is 8.30. The molecule has 3 rings (SSSR count). The van der Waals surface area contributed by atoms with E-state index < -0.39 is 15.8 Å². The number of rotatable bonds is 6. The fourth-order valence-corrected chi connectivity index (χ4v) is 4.45. The van der Waals surface area contributed by atoms with Gasteiger partial charge in [0.1, 0.15) is 5.82 Å². The zero-order chi connectivity index (χ0) is 18.0. The molecule has 0 radical (unpaired) electrons. The average molecular weight is 362 g/mol. The molecule has 2 aromatic rings. The Morgan fingerprint density at radius 1 is 1.24 bits per heavy atom. The van der Waals surface area contributed by atoms with Gasteiger partial charge in [0.05, 0.1) is 4.90 Å². The highest BCUT2D eigenvalue weighted by atomic mass is 32.2. The predicted octanol–water partition coefficient (Wildman–Crippen LogP) is 3.25. The van der Waals surface area contributed by atoms with E-state index in [4.69, 9.17) is 0 Å². The van der Waals surface area contributed by atoms with Gasteiger partial charge < -0.3 is 4.90 Å². The van der Waals surface area contributed by atoms with E-state index in [9.17, 15) is 12.8 Å². The third-order valence-corrected chi connectivity index (χ3v) is 6.11. The van der Waals surface area contributed by atoms with Gasteiger partial charge in [-0.3, -0.25) is 0 Å². The maximum atomic E-state index is 13.3. The summed E-state index contributed by atoms with van der Waals surface area (Å²) in [6.45, 7) is 4.89. The Morgan fingerprint density at radius 2 is 2.00 bits per heavy atom. The largest absolute Gasteiger partial charge is 0.368 e. The molecular weight excluding hydrogens is 339 g/mol. The molecule has 0 saturated heterocycles. The molecule has 4 nitrogen and oxygen atoms in total.